The highest BCUT2D eigenvalue weighted by molar-refractivity contribution is 5.97. The van der Waals surface area contributed by atoms with Crippen molar-refractivity contribution in [3.8, 4) is 11.5 Å². The van der Waals surface area contributed by atoms with Crippen molar-refractivity contribution in [2.75, 3.05) is 39.8 Å². The molecule has 2 aliphatic rings. The van der Waals surface area contributed by atoms with E-state index in [2.05, 4.69) is 35.2 Å². The lowest BCUT2D eigenvalue weighted by Gasteiger charge is -2.32. The van der Waals surface area contributed by atoms with Crippen LogP contribution in [0, 0.1) is 0 Å². The zero-order valence-electron chi connectivity index (χ0n) is 18.6. The molecule has 31 heavy (non-hydrogen) atoms. The monoisotopic (exact) mass is 422 g/mol. The molecule has 0 unspecified atom stereocenters. The van der Waals surface area contributed by atoms with Gasteiger partial charge in [0.25, 0.3) is 5.91 Å². The SMILES string of the molecule is COc1ccc(C(=O)N2CCCC2)c(OC2CCN(CCCc3ccccc3)CC2)c1. The van der Waals surface area contributed by atoms with Gasteiger partial charge in [-0.3, -0.25) is 4.79 Å². The van der Waals surface area contributed by atoms with Crippen LogP contribution in [0.5, 0.6) is 11.5 Å². The molecule has 0 aromatic heterocycles. The summed E-state index contributed by atoms with van der Waals surface area (Å²) >= 11 is 0. The van der Waals surface area contributed by atoms with E-state index in [0.29, 0.717) is 11.3 Å². The average molecular weight is 423 g/mol. The molecule has 2 fully saturated rings. The van der Waals surface area contributed by atoms with Gasteiger partial charge in [-0.25, -0.2) is 0 Å². The van der Waals surface area contributed by atoms with Crippen molar-refractivity contribution in [3.05, 3.63) is 59.7 Å². The van der Waals surface area contributed by atoms with Crippen molar-refractivity contribution in [1.82, 2.24) is 9.80 Å². The standard InChI is InChI=1S/C26H34N2O3/c1-30-23-11-12-24(26(29)28-16-5-6-17-28)25(20-23)31-22-13-18-27(19-14-22)15-7-10-21-8-3-2-4-9-21/h2-4,8-9,11-12,20,22H,5-7,10,13-19H2,1H3. The van der Waals surface area contributed by atoms with Gasteiger partial charge < -0.3 is 19.3 Å². The third kappa shape index (κ3) is 5.79. The van der Waals surface area contributed by atoms with Crippen LogP contribution in [0.2, 0.25) is 0 Å². The summed E-state index contributed by atoms with van der Waals surface area (Å²) in [6.45, 7) is 4.88. The Hall–Kier alpha value is -2.53. The molecule has 2 aromatic carbocycles. The van der Waals surface area contributed by atoms with E-state index >= 15 is 0 Å². The highest BCUT2D eigenvalue weighted by Gasteiger charge is 2.26. The molecule has 2 aromatic rings. The number of carbonyl (C=O) groups excluding carboxylic acids is 1. The molecule has 0 atom stereocenters. The van der Waals surface area contributed by atoms with Crippen LogP contribution < -0.4 is 9.47 Å². The summed E-state index contributed by atoms with van der Waals surface area (Å²) in [6.07, 6.45) is 6.59. The van der Waals surface area contributed by atoms with E-state index in [1.807, 2.05) is 23.1 Å². The fraction of sp³-hybridized carbons (Fsp3) is 0.500. The summed E-state index contributed by atoms with van der Waals surface area (Å²) in [7, 11) is 1.65. The minimum atomic E-state index is 0.0773. The molecule has 0 N–H and O–H groups in total. The first-order chi connectivity index (χ1) is 15.2. The minimum Gasteiger partial charge on any atom is -0.497 e. The first-order valence-corrected chi connectivity index (χ1v) is 11.6. The average Bonchev–Trinajstić information content (AvgIpc) is 3.35. The third-order valence-electron chi connectivity index (χ3n) is 6.42. The first-order valence-electron chi connectivity index (χ1n) is 11.6. The van der Waals surface area contributed by atoms with Crippen LogP contribution in [-0.4, -0.2) is 61.6 Å². The lowest BCUT2D eigenvalue weighted by Crippen LogP contribution is -2.39. The first kappa shape index (κ1) is 21.7. The number of rotatable bonds is 8. The number of hydrogen-bond acceptors (Lipinski definition) is 4. The van der Waals surface area contributed by atoms with E-state index in [1.165, 1.54) is 12.0 Å². The number of hydrogen-bond donors (Lipinski definition) is 0. The normalized spacial score (nSPS) is 17.6. The van der Waals surface area contributed by atoms with Gasteiger partial charge in [-0.15, -0.1) is 0 Å². The van der Waals surface area contributed by atoms with Crippen molar-refractivity contribution in [1.29, 1.82) is 0 Å². The number of benzene rings is 2. The fourth-order valence-corrected chi connectivity index (χ4v) is 4.58. The second-order valence-corrected chi connectivity index (χ2v) is 8.61. The molecule has 0 spiro atoms. The molecule has 166 valence electrons. The second-order valence-electron chi connectivity index (χ2n) is 8.61. The smallest absolute Gasteiger partial charge is 0.257 e. The second kappa shape index (κ2) is 10.7. The summed E-state index contributed by atoms with van der Waals surface area (Å²) in [5.41, 5.74) is 2.07. The van der Waals surface area contributed by atoms with Crippen molar-refractivity contribution in [2.24, 2.45) is 0 Å². The predicted octanol–water partition coefficient (Wildman–Crippen LogP) is 4.41. The molecule has 5 heteroatoms. The molecule has 0 bridgehead atoms. The molecular weight excluding hydrogens is 388 g/mol. The molecule has 2 aliphatic heterocycles. The number of amides is 1. The Morgan fingerprint density at radius 3 is 2.45 bits per heavy atom. The molecule has 5 nitrogen and oxygen atoms in total. The van der Waals surface area contributed by atoms with E-state index in [0.717, 1.165) is 70.6 Å². The number of piperidine rings is 1. The van der Waals surface area contributed by atoms with E-state index in [9.17, 15) is 4.79 Å². The molecule has 1 amide bonds. The van der Waals surface area contributed by atoms with Crippen LogP contribution >= 0.6 is 0 Å². The molecule has 2 saturated heterocycles. The molecular formula is C26H34N2O3. The third-order valence-corrected chi connectivity index (χ3v) is 6.42. The fourth-order valence-electron chi connectivity index (χ4n) is 4.58. The number of methoxy groups -OCH3 is 1. The maximum atomic E-state index is 13.0. The van der Waals surface area contributed by atoms with E-state index in [1.54, 1.807) is 7.11 Å². The lowest BCUT2D eigenvalue weighted by atomic mass is 10.1. The number of carbonyl (C=O) groups is 1. The quantitative estimate of drug-likeness (QED) is 0.632. The molecule has 0 saturated carbocycles. The maximum absolute atomic E-state index is 13.0. The summed E-state index contributed by atoms with van der Waals surface area (Å²) in [5.74, 6) is 1.47. The molecule has 0 aliphatic carbocycles. The molecule has 4 rings (SSSR count). The van der Waals surface area contributed by atoms with Gasteiger partial charge in [0.1, 0.15) is 17.6 Å². The molecule has 2 heterocycles. The number of nitrogens with zero attached hydrogens (tertiary/aromatic N) is 2. The topological polar surface area (TPSA) is 42.0 Å². The Bertz CT molecular complexity index is 841. The summed E-state index contributed by atoms with van der Waals surface area (Å²) < 4.78 is 11.8. The Morgan fingerprint density at radius 1 is 1.00 bits per heavy atom. The summed E-state index contributed by atoms with van der Waals surface area (Å²) in [4.78, 5) is 17.5. The predicted molar refractivity (Wildman–Crippen MR) is 123 cm³/mol. The Kier molecular flexibility index (Phi) is 7.47. The van der Waals surface area contributed by atoms with Gasteiger partial charge in [0.05, 0.1) is 12.7 Å². The van der Waals surface area contributed by atoms with Crippen molar-refractivity contribution in [2.45, 2.75) is 44.6 Å². The van der Waals surface area contributed by atoms with Crippen LogP contribution in [0.4, 0.5) is 0 Å². The van der Waals surface area contributed by atoms with Gasteiger partial charge in [-0.05, 0) is 62.8 Å². The van der Waals surface area contributed by atoms with Crippen LogP contribution in [-0.2, 0) is 6.42 Å². The van der Waals surface area contributed by atoms with E-state index in [-0.39, 0.29) is 12.0 Å². The number of ether oxygens (including phenoxy) is 2. The van der Waals surface area contributed by atoms with Crippen LogP contribution in [0.1, 0.15) is 48.0 Å². The van der Waals surface area contributed by atoms with E-state index < -0.39 is 0 Å². The van der Waals surface area contributed by atoms with E-state index in [4.69, 9.17) is 9.47 Å². The van der Waals surface area contributed by atoms with Crippen LogP contribution in [0.15, 0.2) is 48.5 Å². The van der Waals surface area contributed by atoms with Crippen molar-refractivity contribution >= 4 is 5.91 Å². The van der Waals surface area contributed by atoms with Crippen molar-refractivity contribution < 1.29 is 14.3 Å². The minimum absolute atomic E-state index is 0.0773. The Morgan fingerprint density at radius 2 is 1.74 bits per heavy atom. The van der Waals surface area contributed by atoms with Crippen LogP contribution in [0.3, 0.4) is 0 Å². The lowest BCUT2D eigenvalue weighted by molar-refractivity contribution is 0.0767. The zero-order valence-corrected chi connectivity index (χ0v) is 18.6. The number of aryl methyl sites for hydroxylation is 1. The van der Waals surface area contributed by atoms with Gasteiger partial charge in [-0.2, -0.15) is 0 Å². The van der Waals surface area contributed by atoms with Gasteiger partial charge in [-0.1, -0.05) is 30.3 Å². The van der Waals surface area contributed by atoms with Gasteiger partial charge >= 0.3 is 0 Å². The summed E-state index contributed by atoms with van der Waals surface area (Å²) in [6, 6.07) is 16.3. The zero-order chi connectivity index (χ0) is 21.5. The maximum Gasteiger partial charge on any atom is 0.257 e. The highest BCUT2D eigenvalue weighted by Crippen LogP contribution is 2.30. The van der Waals surface area contributed by atoms with Gasteiger partial charge in [0.15, 0.2) is 0 Å². The van der Waals surface area contributed by atoms with Crippen molar-refractivity contribution in [3.63, 3.8) is 0 Å². The number of likely N-dealkylation sites (tertiary alicyclic amines) is 2. The molecule has 0 radical (unpaired) electrons. The Labute approximate surface area is 185 Å². The highest BCUT2D eigenvalue weighted by atomic mass is 16.5. The van der Waals surface area contributed by atoms with Crippen LogP contribution in [0.25, 0.3) is 0 Å². The van der Waals surface area contributed by atoms with Gasteiger partial charge in [0, 0.05) is 32.2 Å². The largest absolute Gasteiger partial charge is 0.497 e. The summed E-state index contributed by atoms with van der Waals surface area (Å²) in [5, 5.41) is 0. The Balaban J connectivity index is 1.30. The van der Waals surface area contributed by atoms with Gasteiger partial charge in [0.2, 0.25) is 0 Å².